The van der Waals surface area contributed by atoms with Gasteiger partial charge in [-0.3, -0.25) is 0 Å². The highest BCUT2D eigenvalue weighted by atomic mass is 35.5. The molecule has 0 aliphatic carbocycles. The van der Waals surface area contributed by atoms with Gasteiger partial charge >= 0.3 is 0 Å². The van der Waals surface area contributed by atoms with Crippen molar-refractivity contribution < 1.29 is 4.74 Å². The third kappa shape index (κ3) is 2.34. The van der Waals surface area contributed by atoms with E-state index >= 15 is 0 Å². The molecule has 2 aromatic rings. The van der Waals surface area contributed by atoms with Gasteiger partial charge in [0, 0.05) is 18.5 Å². The predicted molar refractivity (Wildman–Crippen MR) is 72.9 cm³/mol. The average molecular weight is 263 g/mol. The van der Waals surface area contributed by atoms with Crippen LogP contribution in [0.25, 0.3) is 10.9 Å². The zero-order chi connectivity index (χ0) is 12.4. The van der Waals surface area contributed by atoms with E-state index < -0.39 is 0 Å². The Kier molecular flexibility index (Phi) is 3.46. The highest BCUT2D eigenvalue weighted by Gasteiger charge is 2.15. The molecule has 0 saturated carbocycles. The second kappa shape index (κ2) is 5.22. The van der Waals surface area contributed by atoms with Crippen LogP contribution in [0.5, 0.6) is 0 Å². The molecule has 1 unspecified atom stereocenters. The molecular formula is C14H15ClN2O. The van der Waals surface area contributed by atoms with E-state index in [9.17, 15) is 0 Å². The van der Waals surface area contributed by atoms with Gasteiger partial charge in [-0.05, 0) is 18.6 Å². The molecule has 4 heteroatoms. The highest BCUT2D eigenvalue weighted by molar-refractivity contribution is 6.35. The Morgan fingerprint density at radius 3 is 3.11 bits per heavy atom. The minimum Gasteiger partial charge on any atom is -0.380 e. The molecular weight excluding hydrogens is 248 g/mol. The molecule has 1 atom stereocenters. The van der Waals surface area contributed by atoms with E-state index in [1.54, 1.807) is 0 Å². The quantitative estimate of drug-likeness (QED) is 0.858. The lowest BCUT2D eigenvalue weighted by atomic mass is 10.1. The van der Waals surface area contributed by atoms with Crippen LogP contribution in [0.15, 0.2) is 30.3 Å². The van der Waals surface area contributed by atoms with Gasteiger partial charge in [0.05, 0.1) is 28.9 Å². The number of para-hydroxylation sites is 1. The molecule has 0 amide bonds. The Morgan fingerprint density at radius 1 is 1.22 bits per heavy atom. The largest absolute Gasteiger partial charge is 0.380 e. The number of benzene rings is 1. The molecule has 1 aromatic heterocycles. The summed E-state index contributed by atoms with van der Waals surface area (Å²) >= 11 is 6.19. The van der Waals surface area contributed by atoms with Gasteiger partial charge in [0.15, 0.2) is 0 Å². The number of ether oxygens (including phenoxy) is 1. The Labute approximate surface area is 111 Å². The smallest absolute Gasteiger partial charge is 0.0892 e. The molecule has 0 bridgehead atoms. The van der Waals surface area contributed by atoms with Gasteiger partial charge in [0.25, 0.3) is 0 Å². The first kappa shape index (κ1) is 11.9. The number of hydrogen-bond donors (Lipinski definition) is 1. The zero-order valence-corrected chi connectivity index (χ0v) is 10.8. The average Bonchev–Trinajstić information content (AvgIpc) is 2.68. The number of hydrogen-bond acceptors (Lipinski definition) is 3. The first-order valence-corrected chi connectivity index (χ1v) is 6.59. The second-order valence-electron chi connectivity index (χ2n) is 4.46. The van der Waals surface area contributed by atoms with E-state index in [1.807, 2.05) is 18.2 Å². The number of pyridine rings is 1. The Hall–Kier alpha value is -1.16. The van der Waals surface area contributed by atoms with Crippen LogP contribution < -0.4 is 5.32 Å². The van der Waals surface area contributed by atoms with Crippen LogP contribution in [-0.4, -0.2) is 24.7 Å². The van der Waals surface area contributed by atoms with Crippen molar-refractivity contribution in [1.29, 1.82) is 0 Å². The summed E-state index contributed by atoms with van der Waals surface area (Å²) in [7, 11) is 0. The first-order chi connectivity index (χ1) is 8.84. The Balaban J connectivity index is 1.99. The number of nitrogens with zero attached hydrogens (tertiary/aromatic N) is 1. The molecule has 1 aliphatic heterocycles. The lowest BCUT2D eigenvalue weighted by molar-refractivity contribution is 0.150. The van der Waals surface area contributed by atoms with E-state index in [0.717, 1.165) is 42.8 Å². The lowest BCUT2D eigenvalue weighted by Crippen LogP contribution is -2.22. The summed E-state index contributed by atoms with van der Waals surface area (Å²) in [5, 5.41) is 5.24. The van der Waals surface area contributed by atoms with Crippen LogP contribution in [0.1, 0.15) is 18.2 Å². The second-order valence-corrected chi connectivity index (χ2v) is 4.86. The zero-order valence-electron chi connectivity index (χ0n) is 10.0. The Bertz CT molecular complexity index is 550. The maximum absolute atomic E-state index is 6.19. The molecule has 3 rings (SSSR count). The fourth-order valence-corrected chi connectivity index (χ4v) is 2.51. The van der Waals surface area contributed by atoms with E-state index in [-0.39, 0.29) is 6.04 Å². The molecule has 1 aromatic carbocycles. The van der Waals surface area contributed by atoms with E-state index in [2.05, 4.69) is 17.4 Å². The van der Waals surface area contributed by atoms with Crippen molar-refractivity contribution in [1.82, 2.24) is 10.3 Å². The number of fused-ring (bicyclic) bond motifs is 1. The molecule has 18 heavy (non-hydrogen) atoms. The van der Waals surface area contributed by atoms with Crippen LogP contribution in [0, 0.1) is 0 Å². The van der Waals surface area contributed by atoms with Crippen molar-refractivity contribution >= 4 is 22.5 Å². The number of rotatable bonds is 1. The SMILES string of the molecule is Clc1cccc2ccc(C3CCOCCN3)nc12. The third-order valence-corrected chi connectivity index (χ3v) is 3.54. The normalized spacial score (nSPS) is 20.8. The first-order valence-electron chi connectivity index (χ1n) is 6.21. The van der Waals surface area contributed by atoms with Crippen LogP contribution in [0.3, 0.4) is 0 Å². The third-order valence-electron chi connectivity index (χ3n) is 3.24. The maximum atomic E-state index is 6.19. The summed E-state index contributed by atoms with van der Waals surface area (Å²) in [4.78, 5) is 4.69. The minimum atomic E-state index is 0.258. The topological polar surface area (TPSA) is 34.1 Å². The molecule has 3 nitrogen and oxygen atoms in total. The summed E-state index contributed by atoms with van der Waals surface area (Å²) in [5.74, 6) is 0. The predicted octanol–water partition coefficient (Wildman–Crippen LogP) is 2.94. The maximum Gasteiger partial charge on any atom is 0.0892 e. The van der Waals surface area contributed by atoms with Crippen molar-refractivity contribution in [3.63, 3.8) is 0 Å². The van der Waals surface area contributed by atoms with Crippen molar-refractivity contribution in [2.75, 3.05) is 19.8 Å². The van der Waals surface area contributed by atoms with E-state index in [0.29, 0.717) is 5.02 Å². The van der Waals surface area contributed by atoms with Gasteiger partial charge in [-0.25, -0.2) is 4.98 Å². The van der Waals surface area contributed by atoms with Crippen molar-refractivity contribution in [3.8, 4) is 0 Å². The van der Waals surface area contributed by atoms with Crippen LogP contribution >= 0.6 is 11.6 Å². The summed E-state index contributed by atoms with van der Waals surface area (Å²) in [6.45, 7) is 2.41. The van der Waals surface area contributed by atoms with Gasteiger partial charge in [-0.15, -0.1) is 0 Å². The molecule has 1 N–H and O–H groups in total. The van der Waals surface area contributed by atoms with Gasteiger partial charge in [-0.1, -0.05) is 29.8 Å². The summed E-state index contributed by atoms with van der Waals surface area (Å²) in [5.41, 5.74) is 1.92. The van der Waals surface area contributed by atoms with E-state index in [1.165, 1.54) is 0 Å². The van der Waals surface area contributed by atoms with Crippen LogP contribution in [0.2, 0.25) is 5.02 Å². The standard InChI is InChI=1S/C14H15ClN2O/c15-11-3-1-2-10-4-5-13(17-14(10)11)12-6-8-18-9-7-16-12/h1-5,12,16H,6-9H2. The molecule has 0 radical (unpaired) electrons. The van der Waals surface area contributed by atoms with Crippen LogP contribution in [-0.2, 0) is 4.74 Å². The van der Waals surface area contributed by atoms with Gasteiger partial charge in [0.2, 0.25) is 0 Å². The van der Waals surface area contributed by atoms with Crippen molar-refractivity contribution in [3.05, 3.63) is 41.0 Å². The molecule has 1 saturated heterocycles. The molecule has 1 fully saturated rings. The van der Waals surface area contributed by atoms with Gasteiger partial charge in [-0.2, -0.15) is 0 Å². The summed E-state index contributed by atoms with van der Waals surface area (Å²) in [6, 6.07) is 10.3. The van der Waals surface area contributed by atoms with Crippen molar-refractivity contribution in [2.24, 2.45) is 0 Å². The minimum absolute atomic E-state index is 0.258. The molecule has 1 aliphatic rings. The molecule has 2 heterocycles. The molecule has 94 valence electrons. The monoisotopic (exact) mass is 262 g/mol. The van der Waals surface area contributed by atoms with Gasteiger partial charge < -0.3 is 10.1 Å². The lowest BCUT2D eigenvalue weighted by Gasteiger charge is -2.15. The Morgan fingerprint density at radius 2 is 2.17 bits per heavy atom. The molecule has 0 spiro atoms. The summed E-state index contributed by atoms with van der Waals surface area (Å²) in [6.07, 6.45) is 0.947. The van der Waals surface area contributed by atoms with E-state index in [4.69, 9.17) is 21.3 Å². The number of nitrogens with one attached hydrogen (secondary N) is 1. The van der Waals surface area contributed by atoms with Gasteiger partial charge in [0.1, 0.15) is 0 Å². The number of halogens is 1. The fourth-order valence-electron chi connectivity index (χ4n) is 2.28. The number of aromatic nitrogens is 1. The fraction of sp³-hybridized carbons (Fsp3) is 0.357. The van der Waals surface area contributed by atoms with Crippen LogP contribution in [0.4, 0.5) is 0 Å². The highest BCUT2D eigenvalue weighted by Crippen LogP contribution is 2.24. The van der Waals surface area contributed by atoms with Crippen molar-refractivity contribution in [2.45, 2.75) is 12.5 Å². The summed E-state index contributed by atoms with van der Waals surface area (Å²) < 4.78 is 5.44.